The Morgan fingerprint density at radius 1 is 1.37 bits per heavy atom. The molecule has 1 unspecified atom stereocenters. The quantitative estimate of drug-likeness (QED) is 0.887. The molecule has 0 saturated carbocycles. The fraction of sp³-hybridized carbons (Fsp3) is 0.286. The summed E-state index contributed by atoms with van der Waals surface area (Å²) in [4.78, 5) is 23.6. The van der Waals surface area contributed by atoms with E-state index in [0.29, 0.717) is 0 Å². The number of carbonyl (C=O) groups is 2. The van der Waals surface area contributed by atoms with E-state index in [-0.39, 0.29) is 18.1 Å². The molecule has 0 fully saturated rings. The molecule has 0 radical (unpaired) electrons. The second kappa shape index (κ2) is 6.68. The van der Waals surface area contributed by atoms with Gasteiger partial charge in [0, 0.05) is 13.5 Å². The summed E-state index contributed by atoms with van der Waals surface area (Å²) in [5, 5.41) is 8.78. The average molecular weight is 265 g/mol. The molecular formula is C14H16FNO3. The minimum Gasteiger partial charge on any atom is -0.480 e. The highest BCUT2D eigenvalue weighted by Gasteiger charge is 2.20. The van der Waals surface area contributed by atoms with E-state index in [1.165, 1.54) is 31.0 Å². The molecule has 0 aliphatic heterocycles. The predicted octanol–water partition coefficient (Wildman–Crippen LogP) is 2.16. The van der Waals surface area contributed by atoms with E-state index in [0.717, 1.165) is 5.56 Å². The number of likely N-dealkylation sites (N-methyl/N-ethyl adjacent to an activating group) is 1. The zero-order valence-electron chi connectivity index (χ0n) is 10.8. The second-order valence-corrected chi connectivity index (χ2v) is 4.18. The third kappa shape index (κ3) is 4.54. The molecule has 1 aromatic rings. The fourth-order valence-corrected chi connectivity index (χ4v) is 1.40. The van der Waals surface area contributed by atoms with Gasteiger partial charge in [-0.05, 0) is 24.6 Å². The number of hydrogen-bond acceptors (Lipinski definition) is 2. The number of benzene rings is 1. The Kier molecular flexibility index (Phi) is 5.23. The molecule has 1 amide bonds. The first-order chi connectivity index (χ1) is 8.91. The van der Waals surface area contributed by atoms with E-state index in [9.17, 15) is 14.0 Å². The molecule has 5 heteroatoms. The lowest BCUT2D eigenvalue weighted by Crippen LogP contribution is -2.39. The molecule has 1 atom stereocenters. The van der Waals surface area contributed by atoms with Crippen LogP contribution in [0.15, 0.2) is 30.3 Å². The molecule has 0 aliphatic rings. The Bertz CT molecular complexity index is 482. The number of aliphatic carboxylic acids is 1. The van der Waals surface area contributed by atoms with Crippen LogP contribution in [0, 0.1) is 5.82 Å². The van der Waals surface area contributed by atoms with Crippen LogP contribution in [0.4, 0.5) is 4.39 Å². The molecule has 0 heterocycles. The first-order valence-electron chi connectivity index (χ1n) is 5.82. The second-order valence-electron chi connectivity index (χ2n) is 4.18. The Hall–Kier alpha value is -2.17. The van der Waals surface area contributed by atoms with Crippen LogP contribution in [-0.4, -0.2) is 35.0 Å². The summed E-state index contributed by atoms with van der Waals surface area (Å²) < 4.78 is 12.7. The van der Waals surface area contributed by atoms with E-state index >= 15 is 0 Å². The monoisotopic (exact) mass is 265 g/mol. The van der Waals surface area contributed by atoms with Gasteiger partial charge in [0.15, 0.2) is 0 Å². The number of halogens is 1. The zero-order valence-corrected chi connectivity index (χ0v) is 10.8. The van der Waals surface area contributed by atoms with Gasteiger partial charge in [-0.1, -0.05) is 24.3 Å². The minimum absolute atomic E-state index is 0.103. The van der Waals surface area contributed by atoms with Crippen LogP contribution in [0.5, 0.6) is 0 Å². The molecular weight excluding hydrogens is 249 g/mol. The van der Waals surface area contributed by atoms with Gasteiger partial charge in [-0.25, -0.2) is 9.18 Å². The Morgan fingerprint density at radius 3 is 2.47 bits per heavy atom. The topological polar surface area (TPSA) is 57.6 Å². The van der Waals surface area contributed by atoms with E-state index in [2.05, 4.69) is 0 Å². The van der Waals surface area contributed by atoms with Crippen LogP contribution in [0.3, 0.4) is 0 Å². The maximum absolute atomic E-state index is 12.7. The first kappa shape index (κ1) is 14.9. The third-order valence-corrected chi connectivity index (χ3v) is 2.80. The Morgan fingerprint density at radius 2 is 1.95 bits per heavy atom. The summed E-state index contributed by atoms with van der Waals surface area (Å²) in [7, 11) is 1.45. The molecule has 19 heavy (non-hydrogen) atoms. The van der Waals surface area contributed by atoms with E-state index in [1.54, 1.807) is 24.3 Å². The van der Waals surface area contributed by atoms with Crippen molar-refractivity contribution in [3.63, 3.8) is 0 Å². The van der Waals surface area contributed by atoms with Gasteiger partial charge in [-0.2, -0.15) is 0 Å². The zero-order chi connectivity index (χ0) is 14.4. The highest BCUT2D eigenvalue weighted by Crippen LogP contribution is 2.06. The summed E-state index contributed by atoms with van der Waals surface area (Å²) in [5.74, 6) is -1.64. The SMILES string of the molecule is CC(C(=O)O)N(C)C(=O)C/C=C/c1ccc(F)cc1. The van der Waals surface area contributed by atoms with Crippen molar-refractivity contribution < 1.29 is 19.1 Å². The number of carboxylic acid groups (broad SMARTS) is 1. The number of amides is 1. The van der Waals surface area contributed by atoms with Crippen molar-refractivity contribution >= 4 is 18.0 Å². The Labute approximate surface area is 111 Å². The molecule has 102 valence electrons. The van der Waals surface area contributed by atoms with E-state index in [1.807, 2.05) is 0 Å². The van der Waals surface area contributed by atoms with Crippen LogP contribution >= 0.6 is 0 Å². The maximum atomic E-state index is 12.7. The lowest BCUT2D eigenvalue weighted by Gasteiger charge is -2.20. The van der Waals surface area contributed by atoms with Gasteiger partial charge in [0.25, 0.3) is 0 Å². The molecule has 1 aromatic carbocycles. The maximum Gasteiger partial charge on any atom is 0.326 e. The van der Waals surface area contributed by atoms with Gasteiger partial charge in [0.2, 0.25) is 5.91 Å². The van der Waals surface area contributed by atoms with E-state index in [4.69, 9.17) is 5.11 Å². The first-order valence-corrected chi connectivity index (χ1v) is 5.82. The van der Waals surface area contributed by atoms with Gasteiger partial charge in [-0.15, -0.1) is 0 Å². The normalized spacial score (nSPS) is 12.4. The highest BCUT2D eigenvalue weighted by molar-refractivity contribution is 5.84. The molecule has 4 nitrogen and oxygen atoms in total. The van der Waals surface area contributed by atoms with Crippen LogP contribution in [0.1, 0.15) is 18.9 Å². The number of nitrogens with zero attached hydrogens (tertiary/aromatic N) is 1. The molecule has 0 spiro atoms. The fourth-order valence-electron chi connectivity index (χ4n) is 1.40. The van der Waals surface area contributed by atoms with Crippen LogP contribution in [0.25, 0.3) is 6.08 Å². The van der Waals surface area contributed by atoms with Gasteiger partial charge in [0.05, 0.1) is 0 Å². The summed E-state index contributed by atoms with van der Waals surface area (Å²) in [6, 6.07) is 5.01. The predicted molar refractivity (Wildman–Crippen MR) is 69.9 cm³/mol. The smallest absolute Gasteiger partial charge is 0.326 e. The summed E-state index contributed by atoms with van der Waals surface area (Å²) in [6.45, 7) is 1.45. The standard InChI is InChI=1S/C14H16FNO3/c1-10(14(18)19)16(2)13(17)5-3-4-11-6-8-12(15)9-7-11/h3-4,6-10H,5H2,1-2H3,(H,18,19)/b4-3+. The molecule has 0 aliphatic carbocycles. The number of hydrogen-bond donors (Lipinski definition) is 1. The van der Waals surface area contributed by atoms with Crippen LogP contribution in [0.2, 0.25) is 0 Å². The Balaban J connectivity index is 2.54. The van der Waals surface area contributed by atoms with Crippen molar-refractivity contribution in [2.24, 2.45) is 0 Å². The largest absolute Gasteiger partial charge is 0.480 e. The lowest BCUT2D eigenvalue weighted by atomic mass is 10.2. The summed E-state index contributed by atoms with van der Waals surface area (Å²) in [5.41, 5.74) is 0.781. The van der Waals surface area contributed by atoms with Crippen molar-refractivity contribution in [1.82, 2.24) is 4.90 Å². The third-order valence-electron chi connectivity index (χ3n) is 2.80. The molecule has 1 rings (SSSR count). The molecule has 0 saturated heterocycles. The summed E-state index contributed by atoms with van der Waals surface area (Å²) >= 11 is 0. The van der Waals surface area contributed by atoms with Crippen molar-refractivity contribution in [2.75, 3.05) is 7.05 Å². The molecule has 1 N–H and O–H groups in total. The molecule has 0 bridgehead atoms. The molecule has 0 aromatic heterocycles. The number of rotatable bonds is 5. The average Bonchev–Trinajstić information content (AvgIpc) is 2.39. The summed E-state index contributed by atoms with van der Waals surface area (Å²) in [6.07, 6.45) is 3.42. The highest BCUT2D eigenvalue weighted by atomic mass is 19.1. The van der Waals surface area contributed by atoms with Gasteiger partial charge < -0.3 is 10.0 Å². The van der Waals surface area contributed by atoms with Crippen LogP contribution < -0.4 is 0 Å². The van der Waals surface area contributed by atoms with Gasteiger partial charge in [0.1, 0.15) is 11.9 Å². The lowest BCUT2D eigenvalue weighted by molar-refractivity contribution is -0.147. The van der Waals surface area contributed by atoms with Crippen molar-refractivity contribution in [3.05, 3.63) is 41.7 Å². The van der Waals surface area contributed by atoms with Crippen molar-refractivity contribution in [1.29, 1.82) is 0 Å². The van der Waals surface area contributed by atoms with Gasteiger partial charge >= 0.3 is 5.97 Å². The van der Waals surface area contributed by atoms with Crippen molar-refractivity contribution in [2.45, 2.75) is 19.4 Å². The van der Waals surface area contributed by atoms with E-state index < -0.39 is 12.0 Å². The number of carboxylic acids is 1. The number of carbonyl (C=O) groups excluding carboxylic acids is 1. The minimum atomic E-state index is -1.04. The van der Waals surface area contributed by atoms with Crippen molar-refractivity contribution in [3.8, 4) is 0 Å². The van der Waals surface area contributed by atoms with Gasteiger partial charge in [-0.3, -0.25) is 4.79 Å². The van der Waals surface area contributed by atoms with Crippen LogP contribution in [-0.2, 0) is 9.59 Å².